The molecule has 0 spiro atoms. The van der Waals surface area contributed by atoms with Gasteiger partial charge in [0.15, 0.2) is 6.29 Å². The van der Waals surface area contributed by atoms with Gasteiger partial charge in [-0.25, -0.2) is 0 Å². The van der Waals surface area contributed by atoms with Crippen molar-refractivity contribution in [3.05, 3.63) is 11.6 Å². The summed E-state index contributed by atoms with van der Waals surface area (Å²) in [6.45, 7) is 2.25. The van der Waals surface area contributed by atoms with Crippen LogP contribution in [0.2, 0.25) is 0 Å². The van der Waals surface area contributed by atoms with Gasteiger partial charge in [-0.3, -0.25) is 0 Å². The van der Waals surface area contributed by atoms with Crippen LogP contribution in [0.4, 0.5) is 0 Å². The normalized spacial score (nSPS) is 46.3. The first-order valence-electron chi connectivity index (χ1n) is 9.39. The number of aliphatic hydroxyl groups excluding tert-OH is 3. The van der Waals surface area contributed by atoms with Crippen molar-refractivity contribution in [1.82, 2.24) is 0 Å². The van der Waals surface area contributed by atoms with Gasteiger partial charge in [-0.15, -0.1) is 0 Å². The predicted molar refractivity (Wildman–Crippen MR) is 90.2 cm³/mol. The van der Waals surface area contributed by atoms with E-state index in [-0.39, 0.29) is 24.4 Å². The van der Waals surface area contributed by atoms with Crippen molar-refractivity contribution in [1.29, 1.82) is 0 Å². The highest BCUT2D eigenvalue weighted by atomic mass is 16.7. The summed E-state index contributed by atoms with van der Waals surface area (Å²) < 4.78 is 11.2. The molecule has 3 rings (SSSR count). The van der Waals surface area contributed by atoms with Crippen LogP contribution in [0.1, 0.15) is 51.9 Å². The maximum absolute atomic E-state index is 10.5. The summed E-state index contributed by atoms with van der Waals surface area (Å²) in [6.07, 6.45) is 6.00. The topological polar surface area (TPSA) is 79.2 Å². The van der Waals surface area contributed by atoms with Crippen molar-refractivity contribution in [2.45, 2.75) is 82.6 Å². The molecule has 2 aliphatic carbocycles. The van der Waals surface area contributed by atoms with Gasteiger partial charge in [0.05, 0.1) is 24.4 Å². The average molecular weight is 340 g/mol. The Balaban J connectivity index is 1.62. The Labute approximate surface area is 144 Å². The molecule has 1 aliphatic heterocycles. The van der Waals surface area contributed by atoms with Crippen molar-refractivity contribution in [2.24, 2.45) is 17.8 Å². The SMILES string of the molecule is CO[C@@H]1C[C@H](O)C[C@@H](CC[C@@H]2[C@@H]3C(=CC[C@@H]2C)C[C@@H](O)C[C@@H]3O)O1. The highest BCUT2D eigenvalue weighted by molar-refractivity contribution is 5.19. The molecule has 1 saturated carbocycles. The lowest BCUT2D eigenvalue weighted by atomic mass is 9.64. The van der Waals surface area contributed by atoms with Crippen LogP contribution in [-0.2, 0) is 9.47 Å². The van der Waals surface area contributed by atoms with E-state index in [1.807, 2.05) is 0 Å². The standard InChI is InChI=1S/C19H32O5/c1-11-3-4-12-7-13(20)9-17(22)19(12)16(11)6-5-15-8-14(21)10-18(23-2)24-15/h4,11,13-22H,3,5-10H2,1-2H3/t11-,13+,14+,15+,16-,17-,18-,19-/m0/s1. The third kappa shape index (κ3) is 4.02. The maximum atomic E-state index is 10.5. The number of methoxy groups -OCH3 is 1. The summed E-state index contributed by atoms with van der Waals surface area (Å²) in [7, 11) is 1.61. The Morgan fingerprint density at radius 1 is 1.12 bits per heavy atom. The van der Waals surface area contributed by atoms with Crippen LogP contribution >= 0.6 is 0 Å². The van der Waals surface area contributed by atoms with E-state index in [0.29, 0.717) is 37.5 Å². The molecule has 0 aromatic heterocycles. The fourth-order valence-corrected chi connectivity index (χ4v) is 4.94. The number of hydrogen-bond acceptors (Lipinski definition) is 5. The van der Waals surface area contributed by atoms with Crippen LogP contribution in [0, 0.1) is 17.8 Å². The van der Waals surface area contributed by atoms with E-state index in [9.17, 15) is 15.3 Å². The number of hydrogen-bond donors (Lipinski definition) is 3. The zero-order valence-corrected chi connectivity index (χ0v) is 14.8. The fourth-order valence-electron chi connectivity index (χ4n) is 4.94. The molecular weight excluding hydrogens is 308 g/mol. The molecule has 8 atom stereocenters. The molecule has 5 nitrogen and oxygen atoms in total. The summed E-state index contributed by atoms with van der Waals surface area (Å²) in [5, 5.41) is 30.4. The van der Waals surface area contributed by atoms with Gasteiger partial charge in [-0.05, 0) is 43.9 Å². The number of aliphatic hydroxyl groups is 3. The van der Waals surface area contributed by atoms with Crippen molar-refractivity contribution in [3.8, 4) is 0 Å². The molecule has 0 radical (unpaired) electrons. The molecule has 0 aromatic carbocycles. The molecular formula is C19H32O5. The van der Waals surface area contributed by atoms with Gasteiger partial charge >= 0.3 is 0 Å². The van der Waals surface area contributed by atoms with Gasteiger partial charge in [0, 0.05) is 25.9 Å². The minimum absolute atomic E-state index is 0.0200. The zero-order chi connectivity index (χ0) is 17.3. The summed E-state index contributed by atoms with van der Waals surface area (Å²) in [4.78, 5) is 0. The summed E-state index contributed by atoms with van der Waals surface area (Å²) in [5.74, 6) is 1.11. The minimum atomic E-state index is -0.447. The van der Waals surface area contributed by atoms with E-state index in [1.165, 1.54) is 5.57 Å². The lowest BCUT2D eigenvalue weighted by Crippen LogP contribution is -2.43. The summed E-state index contributed by atoms with van der Waals surface area (Å²) in [6, 6.07) is 0. The molecule has 0 unspecified atom stereocenters. The zero-order valence-electron chi connectivity index (χ0n) is 14.8. The second kappa shape index (κ2) is 7.83. The Morgan fingerprint density at radius 2 is 1.92 bits per heavy atom. The van der Waals surface area contributed by atoms with Gasteiger partial charge in [0.2, 0.25) is 0 Å². The van der Waals surface area contributed by atoms with Crippen molar-refractivity contribution < 1.29 is 24.8 Å². The van der Waals surface area contributed by atoms with E-state index < -0.39 is 12.2 Å². The minimum Gasteiger partial charge on any atom is -0.393 e. The third-order valence-electron chi connectivity index (χ3n) is 6.20. The molecule has 3 N–H and O–H groups in total. The van der Waals surface area contributed by atoms with Crippen molar-refractivity contribution in [2.75, 3.05) is 7.11 Å². The molecule has 138 valence electrons. The molecule has 2 fully saturated rings. The van der Waals surface area contributed by atoms with E-state index in [2.05, 4.69) is 13.0 Å². The molecule has 0 bridgehead atoms. The van der Waals surface area contributed by atoms with E-state index in [1.54, 1.807) is 7.11 Å². The van der Waals surface area contributed by atoms with Gasteiger partial charge in [-0.2, -0.15) is 0 Å². The van der Waals surface area contributed by atoms with Crippen LogP contribution in [0.3, 0.4) is 0 Å². The van der Waals surface area contributed by atoms with E-state index in [4.69, 9.17) is 9.47 Å². The highest BCUT2D eigenvalue weighted by Crippen LogP contribution is 2.45. The van der Waals surface area contributed by atoms with Crippen molar-refractivity contribution in [3.63, 3.8) is 0 Å². The monoisotopic (exact) mass is 340 g/mol. The van der Waals surface area contributed by atoms with Crippen LogP contribution in [0.15, 0.2) is 11.6 Å². The first-order valence-corrected chi connectivity index (χ1v) is 9.39. The van der Waals surface area contributed by atoms with Gasteiger partial charge < -0.3 is 24.8 Å². The number of fused-ring (bicyclic) bond motifs is 1. The predicted octanol–water partition coefficient (Wildman–Crippen LogP) is 1.99. The van der Waals surface area contributed by atoms with Crippen LogP contribution in [0.5, 0.6) is 0 Å². The molecule has 3 aliphatic rings. The lowest BCUT2D eigenvalue weighted by Gasteiger charge is -2.44. The molecule has 0 aromatic rings. The molecule has 1 heterocycles. The average Bonchev–Trinajstić information content (AvgIpc) is 2.53. The number of allylic oxidation sites excluding steroid dienone is 1. The first-order chi connectivity index (χ1) is 11.5. The quantitative estimate of drug-likeness (QED) is 0.682. The van der Waals surface area contributed by atoms with Gasteiger partial charge in [-0.1, -0.05) is 18.6 Å². The summed E-state index contributed by atoms with van der Waals surface area (Å²) in [5.41, 5.74) is 1.24. The van der Waals surface area contributed by atoms with Gasteiger partial charge in [0.25, 0.3) is 0 Å². The molecule has 24 heavy (non-hydrogen) atoms. The Morgan fingerprint density at radius 3 is 2.67 bits per heavy atom. The largest absolute Gasteiger partial charge is 0.393 e. The Hall–Kier alpha value is -0.460. The fraction of sp³-hybridized carbons (Fsp3) is 0.895. The molecule has 5 heteroatoms. The Kier molecular flexibility index (Phi) is 5.98. The molecule has 0 amide bonds. The number of rotatable bonds is 4. The number of ether oxygens (including phenoxy) is 2. The third-order valence-corrected chi connectivity index (χ3v) is 6.20. The molecule has 1 saturated heterocycles. The smallest absolute Gasteiger partial charge is 0.160 e. The van der Waals surface area contributed by atoms with Gasteiger partial charge in [0.1, 0.15) is 0 Å². The van der Waals surface area contributed by atoms with E-state index in [0.717, 1.165) is 19.3 Å². The van der Waals surface area contributed by atoms with E-state index >= 15 is 0 Å². The Bertz CT molecular complexity index is 451. The second-order valence-corrected chi connectivity index (χ2v) is 7.97. The van der Waals surface area contributed by atoms with Crippen molar-refractivity contribution >= 4 is 0 Å². The maximum Gasteiger partial charge on any atom is 0.160 e. The highest BCUT2D eigenvalue weighted by Gasteiger charge is 2.41. The second-order valence-electron chi connectivity index (χ2n) is 7.97. The lowest BCUT2D eigenvalue weighted by molar-refractivity contribution is -0.205. The summed E-state index contributed by atoms with van der Waals surface area (Å²) >= 11 is 0. The first kappa shape index (κ1) is 18.3. The van der Waals surface area contributed by atoms with Crippen LogP contribution < -0.4 is 0 Å². The van der Waals surface area contributed by atoms with Crippen LogP contribution in [-0.4, -0.2) is 53.1 Å². The van der Waals surface area contributed by atoms with Crippen LogP contribution in [0.25, 0.3) is 0 Å².